The molecule has 0 saturated heterocycles. The molecule has 0 aliphatic rings. The molecule has 1 rings (SSSR count). The van der Waals surface area contributed by atoms with Crippen LogP contribution in [0, 0.1) is 0 Å². The topological polar surface area (TPSA) is 38.3 Å². The van der Waals surface area contributed by atoms with Gasteiger partial charge in [0.2, 0.25) is 0 Å². The average molecular weight is 272 g/mol. The number of ether oxygens (including phenoxy) is 1. The van der Waals surface area contributed by atoms with Gasteiger partial charge >= 0.3 is 6.09 Å². The van der Waals surface area contributed by atoms with Gasteiger partial charge in [0.15, 0.2) is 0 Å². The van der Waals surface area contributed by atoms with Gasteiger partial charge in [0.25, 0.3) is 0 Å². The molecule has 1 aromatic carbocycles. The van der Waals surface area contributed by atoms with E-state index in [4.69, 9.17) is 28.6 Å². The van der Waals surface area contributed by atoms with E-state index < -0.39 is 11.7 Å². The Hall–Kier alpha value is -1.13. The van der Waals surface area contributed by atoms with Crippen molar-refractivity contribution in [2.45, 2.75) is 26.4 Å². The maximum absolute atomic E-state index is 11.5. The Labute approximate surface area is 111 Å². The first-order chi connectivity index (χ1) is 7.81. The maximum atomic E-state index is 11.5. The lowest BCUT2D eigenvalue weighted by Crippen LogP contribution is -2.27. The van der Waals surface area contributed by atoms with E-state index in [-0.39, 0.29) is 0 Å². The summed E-state index contributed by atoms with van der Waals surface area (Å²) < 4.78 is 5.12. The first kappa shape index (κ1) is 13.9. The number of carbonyl (C=O) groups is 1. The van der Waals surface area contributed by atoms with Crippen LogP contribution in [0.4, 0.5) is 10.5 Å². The fourth-order valence-corrected chi connectivity index (χ4v) is 1.63. The highest BCUT2D eigenvalue weighted by atomic mass is 35.5. The predicted octanol–water partition coefficient (Wildman–Crippen LogP) is 4.03. The van der Waals surface area contributed by atoms with E-state index >= 15 is 0 Å². The first-order valence-electron chi connectivity index (χ1n) is 5.06. The van der Waals surface area contributed by atoms with Gasteiger partial charge in [-0.05, 0) is 32.9 Å². The zero-order chi connectivity index (χ0) is 13.1. The van der Waals surface area contributed by atoms with Crippen molar-refractivity contribution >= 4 is 41.0 Å². The highest BCUT2D eigenvalue weighted by molar-refractivity contribution is 7.79. The molecule has 0 radical (unpaired) electrons. The van der Waals surface area contributed by atoms with Gasteiger partial charge in [0.1, 0.15) is 5.60 Å². The number of hydrogen-bond acceptors (Lipinski definition) is 3. The molecule has 0 atom stereocenters. The van der Waals surface area contributed by atoms with Crippen molar-refractivity contribution in [1.82, 2.24) is 0 Å². The Morgan fingerprint density at radius 3 is 2.59 bits per heavy atom. The van der Waals surface area contributed by atoms with Crippen LogP contribution in [-0.4, -0.2) is 17.1 Å². The van der Waals surface area contributed by atoms with Crippen LogP contribution in [0.5, 0.6) is 0 Å². The lowest BCUT2D eigenvalue weighted by atomic mass is 10.2. The van der Waals surface area contributed by atoms with E-state index in [0.29, 0.717) is 10.7 Å². The Balaban J connectivity index is 2.73. The van der Waals surface area contributed by atoms with E-state index in [1.807, 2.05) is 0 Å². The number of benzene rings is 1. The van der Waals surface area contributed by atoms with Crippen LogP contribution in [0.3, 0.4) is 0 Å². The van der Waals surface area contributed by atoms with Crippen molar-refractivity contribution in [2.75, 3.05) is 5.32 Å². The zero-order valence-electron chi connectivity index (χ0n) is 9.91. The Kier molecular flexibility index (Phi) is 4.48. The summed E-state index contributed by atoms with van der Waals surface area (Å²) in [6.45, 7) is 5.40. The molecule has 0 aromatic heterocycles. The van der Waals surface area contributed by atoms with Crippen LogP contribution in [0.1, 0.15) is 26.3 Å². The molecule has 0 fully saturated rings. The summed E-state index contributed by atoms with van der Waals surface area (Å²) in [7, 11) is 0. The number of thiocarbonyl (C=S) groups is 1. The number of nitrogens with one attached hydrogen (secondary N) is 1. The van der Waals surface area contributed by atoms with Gasteiger partial charge in [-0.15, -0.1) is 0 Å². The quantitative estimate of drug-likeness (QED) is 0.825. The second-order valence-corrected chi connectivity index (χ2v) is 5.12. The molecule has 0 aliphatic carbocycles. The van der Waals surface area contributed by atoms with Gasteiger partial charge in [0.05, 0.1) is 5.02 Å². The third-order valence-electron chi connectivity index (χ3n) is 1.77. The van der Waals surface area contributed by atoms with Crippen LogP contribution in [0.15, 0.2) is 18.2 Å². The summed E-state index contributed by atoms with van der Waals surface area (Å²) in [5, 5.41) is 4.58. The summed E-state index contributed by atoms with van der Waals surface area (Å²) in [6, 6.07) is 5.08. The molecule has 92 valence electrons. The number of carbonyl (C=O) groups excluding carboxylic acids is 1. The van der Waals surface area contributed by atoms with Gasteiger partial charge in [0, 0.05) is 16.6 Å². The van der Waals surface area contributed by atoms with Crippen molar-refractivity contribution in [2.24, 2.45) is 0 Å². The Morgan fingerprint density at radius 1 is 1.47 bits per heavy atom. The lowest BCUT2D eigenvalue weighted by Gasteiger charge is -2.19. The number of amides is 1. The van der Waals surface area contributed by atoms with E-state index in [1.54, 1.807) is 39.0 Å². The standard InChI is InChI=1S/C12H14ClNO2S/c1-12(2,3)16-11(15)14-9-5-4-8(7-17)10(13)6-9/h4-7H,1-3H3,(H,14,15). The van der Waals surface area contributed by atoms with E-state index in [1.165, 1.54) is 5.37 Å². The minimum absolute atomic E-state index is 0.494. The normalized spacial score (nSPS) is 10.8. The molecule has 0 heterocycles. The second kappa shape index (κ2) is 5.47. The molecule has 0 aliphatic heterocycles. The molecular formula is C12H14ClNO2S. The monoisotopic (exact) mass is 271 g/mol. The van der Waals surface area contributed by atoms with Gasteiger partial charge in [-0.3, -0.25) is 5.32 Å². The highest BCUT2D eigenvalue weighted by Gasteiger charge is 2.16. The molecule has 0 unspecified atom stereocenters. The highest BCUT2D eigenvalue weighted by Crippen LogP contribution is 2.20. The minimum atomic E-state index is -0.526. The first-order valence-corrected chi connectivity index (χ1v) is 5.91. The molecule has 17 heavy (non-hydrogen) atoms. The van der Waals surface area contributed by atoms with E-state index in [9.17, 15) is 4.79 Å². The van der Waals surface area contributed by atoms with Crippen LogP contribution in [-0.2, 0) is 4.74 Å². The number of anilines is 1. The summed E-state index contributed by atoms with van der Waals surface area (Å²) in [5.41, 5.74) is 0.795. The molecule has 1 N–H and O–H groups in total. The SMILES string of the molecule is CC(C)(C)OC(=O)Nc1ccc(C=S)c(Cl)c1. The summed E-state index contributed by atoms with van der Waals surface area (Å²) in [4.78, 5) is 11.5. The third kappa shape index (κ3) is 4.71. The molecule has 1 amide bonds. The van der Waals surface area contributed by atoms with Crippen molar-refractivity contribution < 1.29 is 9.53 Å². The molecule has 0 bridgehead atoms. The fourth-order valence-electron chi connectivity index (χ4n) is 1.12. The second-order valence-electron chi connectivity index (χ2n) is 4.48. The van der Waals surface area contributed by atoms with Gasteiger partial charge in [-0.1, -0.05) is 29.9 Å². The Morgan fingerprint density at radius 2 is 2.12 bits per heavy atom. The van der Waals surface area contributed by atoms with Crippen LogP contribution >= 0.6 is 23.8 Å². The summed E-state index contributed by atoms with van der Waals surface area (Å²) in [6.07, 6.45) is -0.510. The van der Waals surface area contributed by atoms with Gasteiger partial charge in [-0.25, -0.2) is 4.79 Å². The van der Waals surface area contributed by atoms with E-state index in [0.717, 1.165) is 5.56 Å². The molecule has 5 heteroatoms. The molecule has 0 spiro atoms. The minimum Gasteiger partial charge on any atom is -0.444 e. The van der Waals surface area contributed by atoms with Crippen molar-refractivity contribution in [3.05, 3.63) is 28.8 Å². The van der Waals surface area contributed by atoms with Crippen LogP contribution in [0.2, 0.25) is 5.02 Å². The molecular weight excluding hydrogens is 258 g/mol. The lowest BCUT2D eigenvalue weighted by molar-refractivity contribution is 0.0636. The van der Waals surface area contributed by atoms with Crippen molar-refractivity contribution in [3.8, 4) is 0 Å². The number of halogens is 1. The molecule has 1 aromatic rings. The third-order valence-corrected chi connectivity index (χ3v) is 2.35. The largest absolute Gasteiger partial charge is 0.444 e. The smallest absolute Gasteiger partial charge is 0.412 e. The fraction of sp³-hybridized carbons (Fsp3) is 0.333. The predicted molar refractivity (Wildman–Crippen MR) is 74.1 cm³/mol. The van der Waals surface area contributed by atoms with Crippen molar-refractivity contribution in [1.29, 1.82) is 0 Å². The van der Waals surface area contributed by atoms with Gasteiger partial charge in [-0.2, -0.15) is 0 Å². The molecule has 0 saturated carbocycles. The maximum Gasteiger partial charge on any atom is 0.412 e. The average Bonchev–Trinajstić information content (AvgIpc) is 2.14. The molecule has 3 nitrogen and oxygen atoms in total. The van der Waals surface area contributed by atoms with Crippen LogP contribution in [0.25, 0.3) is 0 Å². The zero-order valence-corrected chi connectivity index (χ0v) is 11.5. The number of hydrogen-bond donors (Lipinski definition) is 1. The van der Waals surface area contributed by atoms with Crippen LogP contribution < -0.4 is 5.32 Å². The summed E-state index contributed by atoms with van der Waals surface area (Å²) >= 11 is 10.7. The number of rotatable bonds is 2. The Bertz CT molecular complexity index is 441. The van der Waals surface area contributed by atoms with Gasteiger partial charge < -0.3 is 4.74 Å². The summed E-state index contributed by atoms with van der Waals surface area (Å²) in [5.74, 6) is 0. The van der Waals surface area contributed by atoms with E-state index in [2.05, 4.69) is 5.32 Å². The van der Waals surface area contributed by atoms with Crippen molar-refractivity contribution in [3.63, 3.8) is 0 Å².